The van der Waals surface area contributed by atoms with Crippen molar-refractivity contribution in [3.05, 3.63) is 152 Å². The first-order valence-corrected chi connectivity index (χ1v) is 15.0. The van der Waals surface area contributed by atoms with Gasteiger partial charge in [0, 0.05) is 29.4 Å². The van der Waals surface area contributed by atoms with E-state index in [9.17, 15) is 0 Å². The van der Waals surface area contributed by atoms with E-state index in [2.05, 4.69) is 118 Å². The fourth-order valence-corrected chi connectivity index (χ4v) is 6.51. The largest absolute Gasteiger partial charge is 0.294 e. The van der Waals surface area contributed by atoms with Gasteiger partial charge in [0.1, 0.15) is 5.82 Å². The van der Waals surface area contributed by atoms with Gasteiger partial charge in [0.25, 0.3) is 0 Å². The fraction of sp³-hybridized carbons (Fsp3) is 0. The van der Waals surface area contributed by atoms with Crippen molar-refractivity contribution in [2.24, 2.45) is 0 Å². The predicted octanol–water partition coefficient (Wildman–Crippen LogP) is 9.67. The molecule has 0 bridgehead atoms. The van der Waals surface area contributed by atoms with Crippen molar-refractivity contribution in [2.45, 2.75) is 0 Å². The van der Waals surface area contributed by atoms with Crippen LogP contribution in [0.25, 0.3) is 83.1 Å². The fourth-order valence-electron chi connectivity index (χ4n) is 6.51. The van der Waals surface area contributed by atoms with Gasteiger partial charge >= 0.3 is 0 Å². The number of para-hydroxylation sites is 1. The van der Waals surface area contributed by atoms with Gasteiger partial charge in [-0.1, -0.05) is 78.9 Å². The van der Waals surface area contributed by atoms with Crippen molar-refractivity contribution in [2.75, 3.05) is 0 Å². The summed E-state index contributed by atoms with van der Waals surface area (Å²) in [6, 6.07) is 46.3. The molecule has 5 nitrogen and oxygen atoms in total. The van der Waals surface area contributed by atoms with Crippen LogP contribution in [0.5, 0.6) is 0 Å². The van der Waals surface area contributed by atoms with Crippen molar-refractivity contribution in [3.8, 4) is 39.7 Å². The third-order valence-electron chi connectivity index (χ3n) is 8.53. The van der Waals surface area contributed by atoms with Gasteiger partial charge in [-0.25, -0.2) is 9.97 Å². The van der Waals surface area contributed by atoms with Gasteiger partial charge in [0.15, 0.2) is 0 Å². The summed E-state index contributed by atoms with van der Waals surface area (Å²) >= 11 is 0. The summed E-state index contributed by atoms with van der Waals surface area (Å²) in [4.78, 5) is 19.4. The van der Waals surface area contributed by atoms with Crippen molar-refractivity contribution in [1.29, 1.82) is 0 Å². The molecule has 0 amide bonds. The van der Waals surface area contributed by atoms with Crippen LogP contribution in [0.4, 0.5) is 0 Å². The molecular formula is C40H25N5. The molecule has 5 heteroatoms. The van der Waals surface area contributed by atoms with Crippen molar-refractivity contribution < 1.29 is 0 Å². The number of benzene rings is 4. The molecule has 9 aromatic rings. The average molecular weight is 576 g/mol. The second kappa shape index (κ2) is 10.2. The maximum atomic E-state index is 5.23. The predicted molar refractivity (Wildman–Crippen MR) is 183 cm³/mol. The lowest BCUT2D eigenvalue weighted by Gasteiger charge is -2.14. The average Bonchev–Trinajstić information content (AvgIpc) is 3.46. The number of pyridine rings is 4. The third-order valence-corrected chi connectivity index (χ3v) is 8.53. The van der Waals surface area contributed by atoms with Gasteiger partial charge in [0.05, 0.1) is 33.8 Å². The smallest absolute Gasteiger partial charge is 0.138 e. The molecular weight excluding hydrogens is 550 g/mol. The van der Waals surface area contributed by atoms with E-state index < -0.39 is 0 Å². The highest BCUT2D eigenvalue weighted by Gasteiger charge is 2.16. The molecule has 4 aromatic carbocycles. The van der Waals surface area contributed by atoms with Crippen LogP contribution in [0.15, 0.2) is 152 Å². The molecule has 0 aliphatic heterocycles. The number of nitrogens with zero attached hydrogens (tertiary/aromatic N) is 5. The molecule has 45 heavy (non-hydrogen) atoms. The Hall–Kier alpha value is -6.20. The standard InChI is InChI=1S/C40H25N5/c1-2-11-28-26(10-1)22-32(30-13-4-3-12-29(28)30)27-23-36(34-15-7-8-20-42-34)43-37(24-27)35-16-9-18-40(44-35)45-38-17-6-5-14-31(38)33-25-41-21-19-39(33)45/h1-25H. The first kappa shape index (κ1) is 25.3. The Labute approximate surface area is 259 Å². The Kier molecular flexibility index (Phi) is 5.74. The molecule has 0 aliphatic carbocycles. The topological polar surface area (TPSA) is 56.5 Å². The molecule has 5 aromatic heterocycles. The highest BCUT2D eigenvalue weighted by atomic mass is 15.1. The van der Waals surface area contributed by atoms with Crippen LogP contribution >= 0.6 is 0 Å². The van der Waals surface area contributed by atoms with Gasteiger partial charge < -0.3 is 0 Å². The lowest BCUT2D eigenvalue weighted by atomic mass is 9.92. The van der Waals surface area contributed by atoms with Crippen LogP contribution in [0.3, 0.4) is 0 Å². The Morgan fingerprint density at radius 1 is 0.444 bits per heavy atom. The Morgan fingerprint density at radius 3 is 2.02 bits per heavy atom. The minimum absolute atomic E-state index is 0.787. The summed E-state index contributed by atoms with van der Waals surface area (Å²) in [5, 5.41) is 7.11. The minimum Gasteiger partial charge on any atom is -0.294 e. The van der Waals surface area contributed by atoms with Crippen molar-refractivity contribution >= 4 is 43.4 Å². The van der Waals surface area contributed by atoms with Gasteiger partial charge in [-0.2, -0.15) is 0 Å². The highest BCUT2D eigenvalue weighted by Crippen LogP contribution is 2.38. The summed E-state index contributed by atoms with van der Waals surface area (Å²) in [5.41, 5.74) is 7.56. The normalized spacial score (nSPS) is 11.6. The van der Waals surface area contributed by atoms with Gasteiger partial charge in [-0.05, 0) is 87.3 Å². The van der Waals surface area contributed by atoms with Crippen molar-refractivity contribution in [1.82, 2.24) is 24.5 Å². The number of rotatable bonds is 4. The van der Waals surface area contributed by atoms with Crippen LogP contribution in [0.2, 0.25) is 0 Å². The van der Waals surface area contributed by atoms with Crippen LogP contribution in [0.1, 0.15) is 0 Å². The summed E-state index contributed by atoms with van der Waals surface area (Å²) in [7, 11) is 0. The van der Waals surface area contributed by atoms with Crippen LogP contribution in [0, 0.1) is 0 Å². The van der Waals surface area contributed by atoms with E-state index in [1.54, 1.807) is 0 Å². The lowest BCUT2D eigenvalue weighted by Crippen LogP contribution is -2.00. The quantitative estimate of drug-likeness (QED) is 0.196. The summed E-state index contributed by atoms with van der Waals surface area (Å²) in [6.07, 6.45) is 5.57. The van der Waals surface area contributed by atoms with Crippen molar-refractivity contribution in [3.63, 3.8) is 0 Å². The maximum absolute atomic E-state index is 5.23. The van der Waals surface area contributed by atoms with E-state index in [-0.39, 0.29) is 0 Å². The second-order valence-electron chi connectivity index (χ2n) is 11.2. The van der Waals surface area contributed by atoms with Gasteiger partial charge in [-0.15, -0.1) is 0 Å². The number of aromatic nitrogens is 5. The summed E-state index contributed by atoms with van der Waals surface area (Å²) in [5.74, 6) is 0.827. The Morgan fingerprint density at radius 2 is 1.16 bits per heavy atom. The molecule has 0 saturated carbocycles. The van der Waals surface area contributed by atoms with Crippen LogP contribution < -0.4 is 0 Å². The minimum atomic E-state index is 0.787. The van der Waals surface area contributed by atoms with E-state index in [1.165, 1.54) is 21.5 Å². The molecule has 0 fully saturated rings. The number of hydrogen-bond acceptors (Lipinski definition) is 4. The van der Waals surface area contributed by atoms with E-state index >= 15 is 0 Å². The molecule has 0 aliphatic rings. The zero-order chi connectivity index (χ0) is 29.7. The highest BCUT2D eigenvalue weighted by molar-refractivity contribution is 6.14. The van der Waals surface area contributed by atoms with Crippen LogP contribution in [-0.4, -0.2) is 24.5 Å². The summed E-state index contributed by atoms with van der Waals surface area (Å²) in [6.45, 7) is 0. The molecule has 0 N–H and O–H groups in total. The Balaban J connectivity index is 1.29. The lowest BCUT2D eigenvalue weighted by molar-refractivity contribution is 1.07. The second-order valence-corrected chi connectivity index (χ2v) is 11.2. The first-order chi connectivity index (χ1) is 22.3. The third kappa shape index (κ3) is 4.17. The molecule has 0 radical (unpaired) electrons. The molecule has 5 heterocycles. The zero-order valence-corrected chi connectivity index (χ0v) is 24.2. The number of hydrogen-bond donors (Lipinski definition) is 0. The number of fused-ring (bicyclic) bond motifs is 6. The molecule has 9 rings (SSSR count). The zero-order valence-electron chi connectivity index (χ0n) is 24.2. The summed E-state index contributed by atoms with van der Waals surface area (Å²) < 4.78 is 2.20. The molecule has 0 atom stereocenters. The SMILES string of the molecule is c1ccc(-c2cc(-c3cc4ccccc4c4ccccc34)cc(-c3cccc(-n4c5ccccc5c5cnccc54)n3)n2)nc1. The molecule has 0 saturated heterocycles. The van der Waals surface area contributed by atoms with E-state index in [4.69, 9.17) is 9.97 Å². The van der Waals surface area contributed by atoms with Gasteiger partial charge in [0.2, 0.25) is 0 Å². The van der Waals surface area contributed by atoms with E-state index in [0.29, 0.717) is 0 Å². The monoisotopic (exact) mass is 575 g/mol. The van der Waals surface area contributed by atoms with Crippen LogP contribution in [-0.2, 0) is 0 Å². The maximum Gasteiger partial charge on any atom is 0.138 e. The van der Waals surface area contributed by atoms with E-state index in [0.717, 1.165) is 61.5 Å². The first-order valence-electron chi connectivity index (χ1n) is 15.0. The molecule has 210 valence electrons. The van der Waals surface area contributed by atoms with E-state index in [1.807, 2.05) is 48.9 Å². The molecule has 0 spiro atoms. The molecule has 0 unspecified atom stereocenters. The Bertz CT molecular complexity index is 2500. The van der Waals surface area contributed by atoms with Gasteiger partial charge in [-0.3, -0.25) is 14.5 Å².